The number of hydrogen-bond acceptors (Lipinski definition) is 4. The number of phosphoric acid groups is 1. The van der Waals surface area contributed by atoms with Crippen LogP contribution in [-0.4, -0.2) is 16.8 Å². The summed E-state index contributed by atoms with van der Waals surface area (Å²) in [5, 5.41) is 0. The van der Waals surface area contributed by atoms with Gasteiger partial charge in [-0.2, -0.15) is 0 Å². The Morgan fingerprint density at radius 1 is 0.206 bits per heavy atom. The van der Waals surface area contributed by atoms with Crippen molar-refractivity contribution in [1.29, 1.82) is 0 Å². The minimum atomic E-state index is -4.12. The van der Waals surface area contributed by atoms with E-state index in [1.54, 1.807) is 0 Å². The van der Waals surface area contributed by atoms with Gasteiger partial charge in [-0.15, -0.1) is 0 Å². The number of rotatable bonds is 57. The summed E-state index contributed by atoms with van der Waals surface area (Å²) in [5.74, 6) is 0. The Morgan fingerprint density at radius 3 is 0.471 bits per heavy atom. The summed E-state index contributed by atoms with van der Waals surface area (Å²) in [6, 6.07) is 0. The summed E-state index contributed by atoms with van der Waals surface area (Å²) < 4.78 is 40.8. The Labute approximate surface area is 430 Å². The predicted octanol–water partition coefficient (Wildman–Crippen LogP) is 24.4. The van der Waals surface area contributed by atoms with Crippen LogP contribution in [0.5, 0.6) is 0 Å². The van der Waals surface area contributed by atoms with E-state index >= 15 is 4.57 Å². The van der Waals surface area contributed by atoms with Crippen molar-refractivity contribution in [2.75, 3.05) is 0 Å². The maximum atomic E-state index is 17.2. The highest BCUT2D eigenvalue weighted by Crippen LogP contribution is 2.63. The molecular formula is C63H129O4P. The average molecular weight is 982 g/mol. The summed E-state index contributed by atoms with van der Waals surface area (Å²) in [7, 11) is -4.12. The molecule has 0 unspecified atom stereocenters. The monoisotopic (exact) mass is 981 g/mol. The lowest BCUT2D eigenvalue weighted by Crippen LogP contribution is -2.40. The Morgan fingerprint density at radius 2 is 0.324 bits per heavy atom. The van der Waals surface area contributed by atoms with Crippen LogP contribution in [0.25, 0.3) is 0 Å². The number of hydrogen-bond donors (Lipinski definition) is 0. The lowest BCUT2D eigenvalue weighted by atomic mass is 9.85. The first-order chi connectivity index (χ1) is 33.2. The molecule has 0 heterocycles. The van der Waals surface area contributed by atoms with Crippen LogP contribution >= 0.6 is 7.82 Å². The average Bonchev–Trinajstić information content (AvgIpc) is 3.33. The van der Waals surface area contributed by atoms with Crippen molar-refractivity contribution >= 4 is 7.82 Å². The number of phosphoric ester groups is 1. The third-order valence-corrected chi connectivity index (χ3v) is 17.6. The smallest absolute Gasteiger partial charge is 0.280 e. The number of unbranched alkanes of at least 4 members (excludes halogenated alkanes) is 33. The van der Waals surface area contributed by atoms with Crippen LogP contribution in [0.2, 0.25) is 0 Å². The van der Waals surface area contributed by atoms with Crippen molar-refractivity contribution < 1.29 is 18.1 Å². The summed E-state index contributed by atoms with van der Waals surface area (Å²) in [6.45, 7) is 20.9. The van der Waals surface area contributed by atoms with Crippen molar-refractivity contribution in [1.82, 2.24) is 0 Å². The van der Waals surface area contributed by atoms with E-state index in [1.807, 2.05) is 0 Å². The first-order valence-corrected chi connectivity index (χ1v) is 33.3. The largest absolute Gasteiger partial charge is 0.476 e. The van der Waals surface area contributed by atoms with E-state index in [2.05, 4.69) is 62.3 Å². The first-order valence-electron chi connectivity index (χ1n) is 31.9. The van der Waals surface area contributed by atoms with Gasteiger partial charge in [-0.05, 0) is 57.8 Å². The molecule has 0 aromatic heterocycles. The highest BCUT2D eigenvalue weighted by Gasteiger charge is 2.50. The fourth-order valence-corrected chi connectivity index (χ4v) is 13.6. The second-order valence-electron chi connectivity index (χ2n) is 22.7. The van der Waals surface area contributed by atoms with Crippen LogP contribution in [0, 0.1) is 0 Å². The zero-order valence-corrected chi connectivity index (χ0v) is 49.5. The predicted molar refractivity (Wildman–Crippen MR) is 306 cm³/mol. The van der Waals surface area contributed by atoms with Gasteiger partial charge >= 0.3 is 7.82 Å². The Kier molecular flexibility index (Phi) is 48.2. The molecule has 0 aromatic carbocycles. The molecule has 0 aliphatic heterocycles. The summed E-state index contributed by atoms with van der Waals surface area (Å²) in [5.41, 5.74) is -1.48. The zero-order chi connectivity index (χ0) is 50.2. The van der Waals surface area contributed by atoms with E-state index in [-0.39, 0.29) is 0 Å². The van der Waals surface area contributed by atoms with Crippen LogP contribution < -0.4 is 0 Å². The van der Waals surface area contributed by atoms with Crippen LogP contribution in [-0.2, 0) is 18.1 Å². The molecule has 0 aromatic rings. The van der Waals surface area contributed by atoms with E-state index in [9.17, 15) is 0 Å². The molecule has 0 fully saturated rings. The lowest BCUT2D eigenvalue weighted by Gasteiger charge is -2.45. The van der Waals surface area contributed by atoms with Gasteiger partial charge in [-0.3, -0.25) is 13.6 Å². The van der Waals surface area contributed by atoms with E-state index < -0.39 is 24.6 Å². The molecule has 0 spiro atoms. The Hall–Kier alpha value is 0.110. The van der Waals surface area contributed by atoms with Gasteiger partial charge in [0, 0.05) is 0 Å². The standard InChI is InChI=1S/C63H129O4P/c1-10-19-28-37-40-49-58-61(52-43-31-22-13-4,53-44-32-23-14-5)65-68(64,66-62(54-45-33-24-15-6,55-46-34-25-16-7)59-50-41-38-29-20-11-2)67-63(56-47-35-26-17-8,57-48-36-27-18-9)60-51-42-39-30-21-12-3/h10-60H2,1-9H3. The van der Waals surface area contributed by atoms with Gasteiger partial charge in [0.1, 0.15) is 0 Å². The Balaban J connectivity index is 8.08. The van der Waals surface area contributed by atoms with E-state index in [4.69, 9.17) is 13.6 Å². The van der Waals surface area contributed by atoms with Crippen LogP contribution in [0.4, 0.5) is 0 Å². The van der Waals surface area contributed by atoms with Crippen LogP contribution in [0.1, 0.15) is 390 Å². The van der Waals surface area contributed by atoms with Crippen molar-refractivity contribution in [3.63, 3.8) is 0 Å². The van der Waals surface area contributed by atoms with E-state index in [1.165, 1.54) is 212 Å². The molecule has 4 nitrogen and oxygen atoms in total. The van der Waals surface area contributed by atoms with Crippen molar-refractivity contribution in [2.45, 2.75) is 407 Å². The fourth-order valence-electron chi connectivity index (χ4n) is 11.2. The fraction of sp³-hybridized carbons (Fsp3) is 1.00. The van der Waals surface area contributed by atoms with Gasteiger partial charge in [-0.25, -0.2) is 4.57 Å². The van der Waals surface area contributed by atoms with Crippen LogP contribution in [0.15, 0.2) is 0 Å². The zero-order valence-electron chi connectivity index (χ0n) is 48.6. The topological polar surface area (TPSA) is 44.8 Å². The molecule has 0 rings (SSSR count). The molecule has 410 valence electrons. The van der Waals surface area contributed by atoms with Crippen molar-refractivity contribution in [3.05, 3.63) is 0 Å². The molecule has 0 aliphatic rings. The summed E-state index contributed by atoms with van der Waals surface area (Å²) in [6.07, 6.45) is 60.4. The van der Waals surface area contributed by atoms with Gasteiger partial charge < -0.3 is 0 Å². The molecule has 0 atom stereocenters. The second kappa shape index (κ2) is 48.1. The minimum absolute atomic E-state index is 0.492. The molecule has 0 aliphatic carbocycles. The maximum Gasteiger partial charge on any atom is 0.476 e. The molecule has 0 bridgehead atoms. The maximum absolute atomic E-state index is 17.2. The Bertz CT molecular complexity index is 896. The third-order valence-electron chi connectivity index (χ3n) is 15.8. The molecule has 0 saturated carbocycles. The van der Waals surface area contributed by atoms with Gasteiger partial charge in [-0.1, -0.05) is 332 Å². The SMILES string of the molecule is CCCCCCCCC(CCCCCC)(CCCCCC)OP(=O)(OC(CCCCCC)(CCCCCC)CCCCCCCC)OC(CCCCCC)(CCCCCC)CCCCCCCC. The highest BCUT2D eigenvalue weighted by molar-refractivity contribution is 7.48. The third kappa shape index (κ3) is 36.9. The first kappa shape index (κ1) is 68.1. The van der Waals surface area contributed by atoms with Gasteiger partial charge in [0.05, 0.1) is 16.8 Å². The molecule has 0 radical (unpaired) electrons. The molecule has 0 N–H and O–H groups in total. The minimum Gasteiger partial charge on any atom is -0.280 e. The van der Waals surface area contributed by atoms with Crippen molar-refractivity contribution in [2.24, 2.45) is 0 Å². The second-order valence-corrected chi connectivity index (χ2v) is 24.1. The quantitative estimate of drug-likeness (QED) is 0.0450. The van der Waals surface area contributed by atoms with E-state index in [0.29, 0.717) is 0 Å². The van der Waals surface area contributed by atoms with Gasteiger partial charge in [0.25, 0.3) is 0 Å². The van der Waals surface area contributed by atoms with Crippen molar-refractivity contribution in [3.8, 4) is 0 Å². The van der Waals surface area contributed by atoms with Crippen LogP contribution in [0.3, 0.4) is 0 Å². The van der Waals surface area contributed by atoms with E-state index in [0.717, 1.165) is 116 Å². The highest BCUT2D eigenvalue weighted by atomic mass is 31.2. The summed E-state index contributed by atoms with van der Waals surface area (Å²) >= 11 is 0. The molecule has 68 heavy (non-hydrogen) atoms. The molecule has 0 amide bonds. The van der Waals surface area contributed by atoms with Gasteiger partial charge in [0.2, 0.25) is 0 Å². The molecule has 5 heteroatoms. The molecule has 0 saturated heterocycles. The van der Waals surface area contributed by atoms with Gasteiger partial charge in [0.15, 0.2) is 0 Å². The normalized spacial score (nSPS) is 12.8. The summed E-state index contributed by atoms with van der Waals surface area (Å²) in [4.78, 5) is 0. The molecular weight excluding hydrogens is 852 g/mol. The lowest BCUT2D eigenvalue weighted by molar-refractivity contribution is -0.0910.